The number of nitrogens with zero attached hydrogens (tertiary/aromatic N) is 3. The van der Waals surface area contributed by atoms with Gasteiger partial charge in [0.15, 0.2) is 5.82 Å². The molecule has 7 nitrogen and oxygen atoms in total. The normalized spacial score (nSPS) is 16.8. The first-order valence-corrected chi connectivity index (χ1v) is 12.0. The molecular weight excluding hydrogens is 465 g/mol. The number of halogens is 1. The molecule has 4 aromatic rings. The van der Waals surface area contributed by atoms with Gasteiger partial charge in [-0.2, -0.15) is 0 Å². The fourth-order valence-corrected chi connectivity index (χ4v) is 4.95. The molecule has 178 valence electrons. The Kier molecular flexibility index (Phi) is 6.41. The molecule has 35 heavy (non-hydrogen) atoms. The zero-order valence-electron chi connectivity index (χ0n) is 19.2. The Balaban J connectivity index is 1.43. The molecule has 0 saturated carbocycles. The Bertz CT molecular complexity index is 1340. The number of aromatic nitrogens is 3. The lowest BCUT2D eigenvalue weighted by Gasteiger charge is -2.33. The lowest BCUT2D eigenvalue weighted by molar-refractivity contribution is -0.116. The number of para-hydroxylation sites is 1. The van der Waals surface area contributed by atoms with Crippen LogP contribution in [0.25, 0.3) is 0 Å². The molecule has 0 unspecified atom stereocenters. The van der Waals surface area contributed by atoms with Gasteiger partial charge in [-0.25, -0.2) is 9.07 Å². The second-order valence-electron chi connectivity index (χ2n) is 8.34. The molecular formula is C26H24FN5O2S. The van der Waals surface area contributed by atoms with Crippen LogP contribution in [0.5, 0.6) is 5.75 Å². The van der Waals surface area contributed by atoms with E-state index in [-0.39, 0.29) is 18.3 Å². The Hall–Kier alpha value is -3.85. The number of aryl methyl sites for hydroxylation is 2. The summed E-state index contributed by atoms with van der Waals surface area (Å²) >= 11 is 1.31. The summed E-state index contributed by atoms with van der Waals surface area (Å²) in [6.45, 7) is 4.13. The van der Waals surface area contributed by atoms with Gasteiger partial charge in [-0.3, -0.25) is 4.79 Å². The van der Waals surface area contributed by atoms with Crippen LogP contribution in [0.3, 0.4) is 0 Å². The van der Waals surface area contributed by atoms with E-state index in [0.717, 1.165) is 22.4 Å². The summed E-state index contributed by atoms with van der Waals surface area (Å²) in [5, 5.41) is 11.6. The number of ether oxygens (including phenoxy) is 1. The van der Waals surface area contributed by atoms with Crippen LogP contribution < -0.4 is 15.5 Å². The first-order valence-electron chi connectivity index (χ1n) is 11.2. The van der Waals surface area contributed by atoms with E-state index in [4.69, 9.17) is 4.74 Å². The quantitative estimate of drug-likeness (QED) is 0.396. The number of nitrogens with one attached hydrogen (secondary N) is 2. The van der Waals surface area contributed by atoms with Gasteiger partial charge < -0.3 is 15.5 Å². The van der Waals surface area contributed by atoms with Crippen molar-refractivity contribution in [3.63, 3.8) is 0 Å². The summed E-state index contributed by atoms with van der Waals surface area (Å²) in [5.41, 5.74) is 6.93. The van der Waals surface area contributed by atoms with Crippen molar-refractivity contribution in [3.05, 3.63) is 101 Å². The Morgan fingerprint density at radius 3 is 2.63 bits per heavy atom. The van der Waals surface area contributed by atoms with Gasteiger partial charge in [0, 0.05) is 5.69 Å². The number of fused-ring (bicyclic) bond motifs is 1. The van der Waals surface area contributed by atoms with Crippen molar-refractivity contribution in [1.29, 1.82) is 0 Å². The second kappa shape index (κ2) is 9.79. The van der Waals surface area contributed by atoms with Gasteiger partial charge in [0.2, 0.25) is 11.1 Å². The van der Waals surface area contributed by atoms with Gasteiger partial charge in [-0.15, -0.1) is 10.2 Å². The molecule has 9 heteroatoms. The van der Waals surface area contributed by atoms with Crippen LogP contribution in [-0.2, 0) is 11.4 Å². The number of hydrogen-bond acceptors (Lipinski definition) is 6. The maximum absolute atomic E-state index is 13.6. The van der Waals surface area contributed by atoms with Crippen molar-refractivity contribution in [2.75, 3.05) is 10.7 Å². The molecule has 2 N–H and O–H groups in total. The van der Waals surface area contributed by atoms with Gasteiger partial charge in [-0.1, -0.05) is 54.2 Å². The van der Waals surface area contributed by atoms with Gasteiger partial charge in [0.05, 0.1) is 6.04 Å². The molecule has 5 rings (SSSR count). The van der Waals surface area contributed by atoms with Crippen LogP contribution in [0.2, 0.25) is 0 Å². The van der Waals surface area contributed by atoms with Crippen LogP contribution in [-0.4, -0.2) is 26.0 Å². The van der Waals surface area contributed by atoms with Gasteiger partial charge >= 0.3 is 0 Å². The van der Waals surface area contributed by atoms with Crippen molar-refractivity contribution < 1.29 is 13.9 Å². The predicted octanol–water partition coefficient (Wildman–Crippen LogP) is 5.01. The summed E-state index contributed by atoms with van der Waals surface area (Å²) in [7, 11) is 0. The highest BCUT2D eigenvalue weighted by atomic mass is 32.2. The first kappa shape index (κ1) is 22.9. The fourth-order valence-electron chi connectivity index (χ4n) is 3.85. The van der Waals surface area contributed by atoms with E-state index >= 15 is 0 Å². The Morgan fingerprint density at radius 1 is 1.09 bits per heavy atom. The van der Waals surface area contributed by atoms with E-state index in [1.54, 1.807) is 16.8 Å². The zero-order chi connectivity index (χ0) is 24.4. The Labute approximate surface area is 206 Å². The number of thioether (sulfide) groups is 1. The van der Waals surface area contributed by atoms with Crippen LogP contribution in [0.15, 0.2) is 78.0 Å². The third-order valence-electron chi connectivity index (χ3n) is 5.75. The van der Waals surface area contributed by atoms with E-state index in [1.807, 2.05) is 62.4 Å². The number of hydrogen-bond donors (Lipinski definition) is 2. The number of benzene rings is 3. The highest BCUT2D eigenvalue weighted by molar-refractivity contribution is 8.00. The predicted molar refractivity (Wildman–Crippen MR) is 133 cm³/mol. The van der Waals surface area contributed by atoms with E-state index in [9.17, 15) is 9.18 Å². The molecule has 1 aliphatic heterocycles. The molecule has 0 saturated heterocycles. The number of carbonyl (C=O) groups excluding carboxylic acids is 1. The molecule has 1 aliphatic rings. The largest absolute Gasteiger partial charge is 0.486 e. The highest BCUT2D eigenvalue weighted by Gasteiger charge is 2.38. The molecule has 0 aliphatic carbocycles. The van der Waals surface area contributed by atoms with Crippen LogP contribution >= 0.6 is 11.8 Å². The molecule has 2 heterocycles. The lowest BCUT2D eigenvalue weighted by Crippen LogP contribution is -2.41. The van der Waals surface area contributed by atoms with Gasteiger partial charge in [0.1, 0.15) is 23.4 Å². The molecule has 2 atom stereocenters. The molecule has 0 radical (unpaired) electrons. The monoisotopic (exact) mass is 489 g/mol. The number of anilines is 1. The van der Waals surface area contributed by atoms with Crippen molar-refractivity contribution in [3.8, 4) is 5.75 Å². The minimum atomic E-state index is -0.569. The molecule has 0 spiro atoms. The van der Waals surface area contributed by atoms with Crippen LogP contribution in [0.4, 0.5) is 10.1 Å². The molecule has 0 fully saturated rings. The third kappa shape index (κ3) is 5.00. The van der Waals surface area contributed by atoms with Crippen molar-refractivity contribution >= 4 is 23.4 Å². The summed E-state index contributed by atoms with van der Waals surface area (Å²) in [4.78, 5) is 13.5. The standard InChI is InChI=1S/C26H24FN5O2S/c1-16-8-9-17(2)21(14-16)28-25(33)24-23(18-10-12-19(27)13-11-18)31-32-22(29-30-26(32)35-24)15-34-20-6-4-3-5-7-20/h3-14,23-24,31H,15H2,1-2H3,(H,28,33)/t23-,24+/m0/s1. The average molecular weight is 490 g/mol. The minimum absolute atomic E-state index is 0.179. The van der Waals surface area contributed by atoms with E-state index < -0.39 is 11.3 Å². The first-order chi connectivity index (χ1) is 17.0. The van der Waals surface area contributed by atoms with Crippen molar-refractivity contribution in [1.82, 2.24) is 14.9 Å². The van der Waals surface area contributed by atoms with E-state index in [0.29, 0.717) is 16.7 Å². The van der Waals surface area contributed by atoms with Crippen LogP contribution in [0, 0.1) is 19.7 Å². The number of rotatable bonds is 6. The maximum Gasteiger partial charge on any atom is 0.240 e. The highest BCUT2D eigenvalue weighted by Crippen LogP contribution is 2.38. The fraction of sp³-hybridized carbons (Fsp3) is 0.192. The van der Waals surface area contributed by atoms with E-state index in [2.05, 4.69) is 20.9 Å². The summed E-state index contributed by atoms with van der Waals surface area (Å²) in [6, 6.07) is 21.1. The van der Waals surface area contributed by atoms with Gasteiger partial charge in [0.25, 0.3) is 0 Å². The Morgan fingerprint density at radius 2 is 1.86 bits per heavy atom. The van der Waals surface area contributed by atoms with Crippen molar-refractivity contribution in [2.45, 2.75) is 36.9 Å². The van der Waals surface area contributed by atoms with Crippen molar-refractivity contribution in [2.24, 2.45) is 0 Å². The smallest absolute Gasteiger partial charge is 0.240 e. The van der Waals surface area contributed by atoms with Gasteiger partial charge in [-0.05, 0) is 60.9 Å². The van der Waals surface area contributed by atoms with E-state index in [1.165, 1.54) is 23.9 Å². The summed E-state index contributed by atoms with van der Waals surface area (Å²) in [6.07, 6.45) is 0. The molecule has 1 aromatic heterocycles. The molecule has 1 amide bonds. The second-order valence-corrected chi connectivity index (χ2v) is 9.45. The maximum atomic E-state index is 13.6. The zero-order valence-corrected chi connectivity index (χ0v) is 20.1. The van der Waals surface area contributed by atoms with Crippen LogP contribution in [0.1, 0.15) is 28.6 Å². The number of carbonyl (C=O) groups is 1. The number of amides is 1. The topological polar surface area (TPSA) is 81.1 Å². The molecule has 0 bridgehead atoms. The lowest BCUT2D eigenvalue weighted by atomic mass is 10.0. The third-order valence-corrected chi connectivity index (χ3v) is 6.97. The SMILES string of the molecule is Cc1ccc(C)c(NC(=O)[C@@H]2Sc3nnc(COc4ccccc4)n3N[C@H]2c2ccc(F)cc2)c1. The minimum Gasteiger partial charge on any atom is -0.486 e. The summed E-state index contributed by atoms with van der Waals surface area (Å²) in [5.74, 6) is 0.767. The average Bonchev–Trinajstić information content (AvgIpc) is 3.27. The molecule has 3 aromatic carbocycles. The summed E-state index contributed by atoms with van der Waals surface area (Å²) < 4.78 is 21.2.